The molecule has 1 saturated carbocycles. The summed E-state index contributed by atoms with van der Waals surface area (Å²) in [4.78, 5) is 4.16. The van der Waals surface area contributed by atoms with Gasteiger partial charge in [-0.25, -0.2) is 0 Å². The minimum atomic E-state index is 0.231. The highest BCUT2D eigenvalue weighted by molar-refractivity contribution is 5.17. The standard InChI is InChI=1S/C15H24N2O/c1-12-3-2-4-13(9-12)7-8-16-10-14-5-6-15(18)11-17-14/h5-6,11-13,16,18H,2-4,7-10H2,1H3. The van der Waals surface area contributed by atoms with Crippen LogP contribution in [-0.2, 0) is 6.54 Å². The van der Waals surface area contributed by atoms with E-state index in [1.807, 2.05) is 6.07 Å². The quantitative estimate of drug-likeness (QED) is 0.787. The van der Waals surface area contributed by atoms with Crippen LogP contribution >= 0.6 is 0 Å². The van der Waals surface area contributed by atoms with Crippen molar-refractivity contribution in [3.05, 3.63) is 24.0 Å². The van der Waals surface area contributed by atoms with Gasteiger partial charge in [-0.2, -0.15) is 0 Å². The van der Waals surface area contributed by atoms with Crippen LogP contribution in [0.1, 0.15) is 44.7 Å². The molecule has 0 amide bonds. The average molecular weight is 248 g/mol. The molecule has 0 radical (unpaired) electrons. The summed E-state index contributed by atoms with van der Waals surface area (Å²) in [6.45, 7) is 4.24. The summed E-state index contributed by atoms with van der Waals surface area (Å²) in [6.07, 6.45) is 8.41. The van der Waals surface area contributed by atoms with E-state index < -0.39 is 0 Å². The van der Waals surface area contributed by atoms with Crippen LogP contribution in [0.2, 0.25) is 0 Å². The van der Waals surface area contributed by atoms with E-state index in [1.165, 1.54) is 38.3 Å². The van der Waals surface area contributed by atoms with Gasteiger partial charge in [-0.1, -0.05) is 26.2 Å². The first kappa shape index (κ1) is 13.3. The molecule has 0 bridgehead atoms. The van der Waals surface area contributed by atoms with Crippen molar-refractivity contribution in [3.8, 4) is 5.75 Å². The molecule has 2 atom stereocenters. The zero-order chi connectivity index (χ0) is 12.8. The predicted molar refractivity (Wildman–Crippen MR) is 73.3 cm³/mol. The molecule has 0 spiro atoms. The Bertz CT molecular complexity index is 350. The molecule has 1 aromatic rings. The van der Waals surface area contributed by atoms with Crippen molar-refractivity contribution in [2.75, 3.05) is 6.54 Å². The molecule has 3 nitrogen and oxygen atoms in total. The molecular formula is C15H24N2O. The normalized spacial score (nSPS) is 24.1. The number of hydrogen-bond acceptors (Lipinski definition) is 3. The first-order chi connectivity index (χ1) is 8.74. The molecule has 0 aromatic carbocycles. The molecule has 1 aliphatic carbocycles. The van der Waals surface area contributed by atoms with E-state index in [-0.39, 0.29) is 5.75 Å². The van der Waals surface area contributed by atoms with Gasteiger partial charge in [-0.15, -0.1) is 0 Å². The fraction of sp³-hybridized carbons (Fsp3) is 0.667. The highest BCUT2D eigenvalue weighted by Gasteiger charge is 2.17. The molecular weight excluding hydrogens is 224 g/mol. The lowest BCUT2D eigenvalue weighted by Gasteiger charge is -2.26. The van der Waals surface area contributed by atoms with E-state index in [0.29, 0.717) is 0 Å². The predicted octanol–water partition coefficient (Wildman–Crippen LogP) is 3.09. The van der Waals surface area contributed by atoms with E-state index in [0.717, 1.165) is 30.6 Å². The Balaban J connectivity index is 1.62. The van der Waals surface area contributed by atoms with Crippen molar-refractivity contribution in [1.82, 2.24) is 10.3 Å². The van der Waals surface area contributed by atoms with Crippen LogP contribution in [0.5, 0.6) is 5.75 Å². The number of hydrogen-bond donors (Lipinski definition) is 2. The van der Waals surface area contributed by atoms with E-state index in [2.05, 4.69) is 17.2 Å². The Labute approximate surface area is 110 Å². The minimum absolute atomic E-state index is 0.231. The molecule has 3 heteroatoms. The molecule has 0 saturated heterocycles. The number of nitrogens with zero attached hydrogens (tertiary/aromatic N) is 1. The SMILES string of the molecule is CC1CCCC(CCNCc2ccc(O)cn2)C1. The van der Waals surface area contributed by atoms with Crippen molar-refractivity contribution in [3.63, 3.8) is 0 Å². The summed E-state index contributed by atoms with van der Waals surface area (Å²) in [6, 6.07) is 3.55. The Morgan fingerprint density at radius 1 is 1.39 bits per heavy atom. The highest BCUT2D eigenvalue weighted by Crippen LogP contribution is 2.30. The second kappa shape index (κ2) is 6.74. The van der Waals surface area contributed by atoms with Gasteiger partial charge in [-0.3, -0.25) is 4.98 Å². The van der Waals surface area contributed by atoms with E-state index in [4.69, 9.17) is 5.11 Å². The molecule has 1 aromatic heterocycles. The Kier molecular flexibility index (Phi) is 5.00. The van der Waals surface area contributed by atoms with Gasteiger partial charge in [0, 0.05) is 6.54 Å². The number of rotatable bonds is 5. The van der Waals surface area contributed by atoms with Gasteiger partial charge in [0.25, 0.3) is 0 Å². The number of pyridine rings is 1. The van der Waals surface area contributed by atoms with E-state index in [1.54, 1.807) is 6.07 Å². The fourth-order valence-electron chi connectivity index (χ4n) is 2.87. The van der Waals surface area contributed by atoms with Crippen LogP contribution in [0.15, 0.2) is 18.3 Å². The van der Waals surface area contributed by atoms with E-state index >= 15 is 0 Å². The number of aromatic hydroxyl groups is 1. The summed E-state index contributed by atoms with van der Waals surface area (Å²) in [5, 5.41) is 12.6. The first-order valence-corrected chi connectivity index (χ1v) is 7.08. The molecule has 18 heavy (non-hydrogen) atoms. The van der Waals surface area contributed by atoms with Crippen LogP contribution in [-0.4, -0.2) is 16.6 Å². The molecule has 100 valence electrons. The zero-order valence-electron chi connectivity index (χ0n) is 11.2. The lowest BCUT2D eigenvalue weighted by atomic mass is 9.81. The second-order valence-corrected chi connectivity index (χ2v) is 5.61. The van der Waals surface area contributed by atoms with Gasteiger partial charge in [0.15, 0.2) is 0 Å². The molecule has 2 rings (SSSR count). The van der Waals surface area contributed by atoms with Crippen molar-refractivity contribution >= 4 is 0 Å². The monoisotopic (exact) mass is 248 g/mol. The lowest BCUT2D eigenvalue weighted by molar-refractivity contribution is 0.267. The number of aromatic nitrogens is 1. The topological polar surface area (TPSA) is 45.1 Å². The van der Waals surface area contributed by atoms with Crippen molar-refractivity contribution in [1.29, 1.82) is 0 Å². The fourth-order valence-corrected chi connectivity index (χ4v) is 2.87. The van der Waals surface area contributed by atoms with Crippen LogP contribution in [0.3, 0.4) is 0 Å². The maximum absolute atomic E-state index is 9.14. The average Bonchev–Trinajstić information content (AvgIpc) is 2.37. The largest absolute Gasteiger partial charge is 0.506 e. The maximum atomic E-state index is 9.14. The third kappa shape index (κ3) is 4.30. The second-order valence-electron chi connectivity index (χ2n) is 5.61. The molecule has 2 N–H and O–H groups in total. The lowest BCUT2D eigenvalue weighted by Crippen LogP contribution is -2.21. The van der Waals surface area contributed by atoms with Crippen molar-refractivity contribution in [2.45, 2.75) is 45.6 Å². The smallest absolute Gasteiger partial charge is 0.133 e. The summed E-state index contributed by atoms with van der Waals surface area (Å²) in [5.74, 6) is 2.06. The summed E-state index contributed by atoms with van der Waals surface area (Å²) in [5.41, 5.74) is 0.991. The van der Waals surface area contributed by atoms with Crippen molar-refractivity contribution in [2.24, 2.45) is 11.8 Å². The molecule has 0 aliphatic heterocycles. The molecule has 1 aliphatic rings. The highest BCUT2D eigenvalue weighted by atomic mass is 16.3. The van der Waals surface area contributed by atoms with Gasteiger partial charge in [0.2, 0.25) is 0 Å². The minimum Gasteiger partial charge on any atom is -0.506 e. The van der Waals surface area contributed by atoms with Gasteiger partial charge in [0.05, 0.1) is 11.9 Å². The van der Waals surface area contributed by atoms with Gasteiger partial charge in [-0.05, 0) is 43.4 Å². The molecule has 1 heterocycles. The number of nitrogens with one attached hydrogen (secondary N) is 1. The summed E-state index contributed by atoms with van der Waals surface area (Å²) < 4.78 is 0. The van der Waals surface area contributed by atoms with Crippen LogP contribution in [0.25, 0.3) is 0 Å². The van der Waals surface area contributed by atoms with E-state index in [9.17, 15) is 0 Å². The molecule has 2 unspecified atom stereocenters. The first-order valence-electron chi connectivity index (χ1n) is 7.08. The summed E-state index contributed by atoms with van der Waals surface area (Å²) in [7, 11) is 0. The Morgan fingerprint density at radius 2 is 2.28 bits per heavy atom. The summed E-state index contributed by atoms with van der Waals surface area (Å²) >= 11 is 0. The molecule has 1 fully saturated rings. The third-order valence-electron chi connectivity index (χ3n) is 3.89. The van der Waals surface area contributed by atoms with Crippen LogP contribution in [0, 0.1) is 11.8 Å². The van der Waals surface area contributed by atoms with Crippen LogP contribution in [0.4, 0.5) is 0 Å². The Hall–Kier alpha value is -1.09. The van der Waals surface area contributed by atoms with Crippen molar-refractivity contribution < 1.29 is 5.11 Å². The van der Waals surface area contributed by atoms with Crippen LogP contribution < -0.4 is 5.32 Å². The zero-order valence-corrected chi connectivity index (χ0v) is 11.2. The Morgan fingerprint density at radius 3 is 3.00 bits per heavy atom. The van der Waals surface area contributed by atoms with Gasteiger partial charge in [0.1, 0.15) is 5.75 Å². The van der Waals surface area contributed by atoms with Gasteiger partial charge < -0.3 is 10.4 Å². The maximum Gasteiger partial charge on any atom is 0.133 e. The third-order valence-corrected chi connectivity index (χ3v) is 3.89. The van der Waals surface area contributed by atoms with Gasteiger partial charge >= 0.3 is 0 Å².